The van der Waals surface area contributed by atoms with Crippen LogP contribution in [0.3, 0.4) is 0 Å². The van der Waals surface area contributed by atoms with E-state index in [2.05, 4.69) is 22.3 Å². The fourth-order valence-electron chi connectivity index (χ4n) is 3.56. The van der Waals surface area contributed by atoms with Crippen molar-refractivity contribution in [1.82, 2.24) is 10.2 Å². The van der Waals surface area contributed by atoms with Crippen LogP contribution in [-0.4, -0.2) is 10.2 Å². The molecule has 6 heteroatoms. The molecule has 0 fully saturated rings. The Kier molecular flexibility index (Phi) is 3.93. The average molecular weight is 360 g/mol. The summed E-state index contributed by atoms with van der Waals surface area (Å²) >= 11 is 0. The number of aryl methyl sites for hydroxylation is 2. The maximum atomic E-state index is 14.6. The summed E-state index contributed by atoms with van der Waals surface area (Å²) in [5.41, 5.74) is 10.8. The Morgan fingerprint density at radius 2 is 2.00 bits per heavy atom. The second-order valence-corrected chi connectivity index (χ2v) is 6.58. The lowest BCUT2D eigenvalue weighted by Crippen LogP contribution is -2.21. The third kappa shape index (κ3) is 2.64. The van der Waals surface area contributed by atoms with Gasteiger partial charge in [-0.3, -0.25) is 5.10 Å². The van der Waals surface area contributed by atoms with Crippen LogP contribution in [0.4, 0.5) is 4.39 Å². The van der Waals surface area contributed by atoms with Crippen molar-refractivity contribution in [3.05, 3.63) is 82.0 Å². The molecule has 0 bridgehead atoms. The molecule has 2 aromatic carbocycles. The Labute approximate surface area is 155 Å². The molecule has 0 saturated carbocycles. The molecule has 27 heavy (non-hydrogen) atoms. The van der Waals surface area contributed by atoms with Gasteiger partial charge in [0.2, 0.25) is 11.8 Å². The van der Waals surface area contributed by atoms with Crippen molar-refractivity contribution in [1.29, 1.82) is 5.26 Å². The Balaban J connectivity index is 2.00. The lowest BCUT2D eigenvalue weighted by Gasteiger charge is -2.24. The highest BCUT2D eigenvalue weighted by Crippen LogP contribution is 2.46. The minimum absolute atomic E-state index is 0.0584. The zero-order chi connectivity index (χ0) is 19.1. The van der Waals surface area contributed by atoms with Crippen LogP contribution in [0.5, 0.6) is 5.88 Å². The summed E-state index contributed by atoms with van der Waals surface area (Å²) in [6.07, 6.45) is 0. The molecule has 0 spiro atoms. The van der Waals surface area contributed by atoms with E-state index in [-0.39, 0.29) is 17.3 Å². The van der Waals surface area contributed by atoms with Gasteiger partial charge in [-0.1, -0.05) is 42.0 Å². The highest BCUT2D eigenvalue weighted by atomic mass is 19.1. The van der Waals surface area contributed by atoms with Crippen molar-refractivity contribution in [3.8, 4) is 23.2 Å². The van der Waals surface area contributed by atoms with Gasteiger partial charge in [0.05, 0.1) is 17.2 Å². The second kappa shape index (κ2) is 6.29. The number of rotatable bonds is 2. The summed E-state index contributed by atoms with van der Waals surface area (Å²) in [6.45, 7) is 4.01. The van der Waals surface area contributed by atoms with E-state index in [9.17, 15) is 9.65 Å². The molecular formula is C21H17FN4O. The first-order valence-corrected chi connectivity index (χ1v) is 8.49. The lowest BCUT2D eigenvalue weighted by molar-refractivity contribution is 0.378. The van der Waals surface area contributed by atoms with Crippen LogP contribution in [0.2, 0.25) is 0 Å². The molecule has 0 aliphatic carbocycles. The maximum absolute atomic E-state index is 14.6. The van der Waals surface area contributed by atoms with E-state index < -0.39 is 11.7 Å². The molecule has 3 aromatic rings. The normalized spacial score (nSPS) is 15.9. The number of nitrogens with two attached hydrogens (primary N) is 1. The van der Waals surface area contributed by atoms with Crippen LogP contribution >= 0.6 is 0 Å². The summed E-state index contributed by atoms with van der Waals surface area (Å²) in [6, 6.07) is 14.5. The van der Waals surface area contributed by atoms with E-state index in [0.717, 1.165) is 16.7 Å². The Bertz CT molecular complexity index is 1120. The first-order chi connectivity index (χ1) is 13.0. The van der Waals surface area contributed by atoms with E-state index >= 15 is 0 Å². The van der Waals surface area contributed by atoms with Gasteiger partial charge in [-0.15, -0.1) is 5.10 Å². The first kappa shape index (κ1) is 16.9. The van der Waals surface area contributed by atoms with Gasteiger partial charge in [-0.2, -0.15) is 5.26 Å². The predicted molar refractivity (Wildman–Crippen MR) is 99.2 cm³/mol. The molecule has 2 heterocycles. The smallest absolute Gasteiger partial charge is 0.244 e. The number of hydrogen-bond acceptors (Lipinski definition) is 4. The SMILES string of the molecule is Cc1ccc(-c2[nH]nc3c2C(c2ccccc2F)C(C#N)=C(N)O3)c(C)c1. The molecule has 0 saturated heterocycles. The first-order valence-electron chi connectivity index (χ1n) is 8.49. The van der Waals surface area contributed by atoms with Gasteiger partial charge in [-0.05, 0) is 25.5 Å². The predicted octanol–water partition coefficient (Wildman–Crippen LogP) is 4.05. The van der Waals surface area contributed by atoms with Crippen LogP contribution in [0.25, 0.3) is 11.3 Å². The molecule has 1 unspecified atom stereocenters. The number of allylic oxidation sites excluding steroid dienone is 1. The Morgan fingerprint density at radius 1 is 1.22 bits per heavy atom. The lowest BCUT2D eigenvalue weighted by atomic mass is 9.82. The minimum atomic E-state index is -0.700. The molecular weight excluding hydrogens is 343 g/mol. The monoisotopic (exact) mass is 360 g/mol. The molecule has 3 N–H and O–H groups in total. The fraction of sp³-hybridized carbons (Fsp3) is 0.143. The van der Waals surface area contributed by atoms with E-state index in [1.807, 2.05) is 26.0 Å². The fourth-order valence-corrected chi connectivity index (χ4v) is 3.56. The largest absolute Gasteiger partial charge is 0.420 e. The molecule has 134 valence electrons. The van der Waals surface area contributed by atoms with E-state index in [1.165, 1.54) is 6.07 Å². The van der Waals surface area contributed by atoms with Gasteiger partial charge in [0, 0.05) is 11.1 Å². The maximum Gasteiger partial charge on any atom is 0.244 e. The van der Waals surface area contributed by atoms with Gasteiger partial charge in [0.25, 0.3) is 0 Å². The number of aromatic amines is 1. The van der Waals surface area contributed by atoms with Crippen molar-refractivity contribution in [2.75, 3.05) is 0 Å². The molecule has 0 amide bonds. The number of H-pyrrole nitrogens is 1. The zero-order valence-corrected chi connectivity index (χ0v) is 14.9. The molecule has 0 radical (unpaired) electrons. The van der Waals surface area contributed by atoms with Crippen molar-refractivity contribution in [2.24, 2.45) is 5.73 Å². The summed E-state index contributed by atoms with van der Waals surface area (Å²) in [4.78, 5) is 0. The van der Waals surface area contributed by atoms with Crippen LogP contribution in [0, 0.1) is 31.0 Å². The quantitative estimate of drug-likeness (QED) is 0.722. The number of aromatic nitrogens is 2. The number of benzene rings is 2. The highest BCUT2D eigenvalue weighted by Gasteiger charge is 2.37. The molecule has 1 aliphatic rings. The van der Waals surface area contributed by atoms with Crippen LogP contribution < -0.4 is 10.5 Å². The van der Waals surface area contributed by atoms with Gasteiger partial charge in [0.1, 0.15) is 17.5 Å². The van der Waals surface area contributed by atoms with Crippen molar-refractivity contribution in [3.63, 3.8) is 0 Å². The van der Waals surface area contributed by atoms with E-state index in [4.69, 9.17) is 10.5 Å². The molecule has 1 aromatic heterocycles. The zero-order valence-electron chi connectivity index (χ0n) is 14.9. The second-order valence-electron chi connectivity index (χ2n) is 6.58. The number of halogens is 1. The standard InChI is InChI=1S/C21H17FN4O/c1-11-7-8-13(12(2)9-11)19-18-17(14-5-3-4-6-16(14)22)15(10-23)20(24)27-21(18)26-25-19/h3-9,17H,24H2,1-2H3,(H,25,26). The summed E-state index contributed by atoms with van der Waals surface area (Å²) < 4.78 is 20.2. The third-order valence-electron chi connectivity index (χ3n) is 4.81. The molecule has 1 aliphatic heterocycles. The van der Waals surface area contributed by atoms with Crippen LogP contribution in [0.15, 0.2) is 53.9 Å². The van der Waals surface area contributed by atoms with Crippen LogP contribution in [0.1, 0.15) is 28.2 Å². The van der Waals surface area contributed by atoms with Gasteiger partial charge < -0.3 is 10.5 Å². The number of fused-ring (bicyclic) bond motifs is 1. The summed E-state index contributed by atoms with van der Waals surface area (Å²) in [5.74, 6) is -0.912. The van der Waals surface area contributed by atoms with Crippen LogP contribution in [-0.2, 0) is 0 Å². The Morgan fingerprint density at radius 3 is 2.70 bits per heavy atom. The van der Waals surface area contributed by atoms with Gasteiger partial charge in [0.15, 0.2) is 0 Å². The molecule has 5 nitrogen and oxygen atoms in total. The number of nitrogens with one attached hydrogen (secondary N) is 1. The van der Waals surface area contributed by atoms with E-state index in [1.54, 1.807) is 18.2 Å². The minimum Gasteiger partial charge on any atom is -0.420 e. The van der Waals surface area contributed by atoms with E-state index in [0.29, 0.717) is 16.8 Å². The number of ether oxygens (including phenoxy) is 1. The molecule has 1 atom stereocenters. The number of nitrogens with zero attached hydrogens (tertiary/aromatic N) is 2. The average Bonchev–Trinajstić information content (AvgIpc) is 3.04. The highest BCUT2D eigenvalue weighted by molar-refractivity contribution is 5.73. The van der Waals surface area contributed by atoms with Gasteiger partial charge in [-0.25, -0.2) is 4.39 Å². The Hall–Kier alpha value is -3.59. The summed E-state index contributed by atoms with van der Waals surface area (Å²) in [7, 11) is 0. The van der Waals surface area contributed by atoms with Crippen molar-refractivity contribution < 1.29 is 9.13 Å². The van der Waals surface area contributed by atoms with Crippen molar-refractivity contribution in [2.45, 2.75) is 19.8 Å². The number of nitriles is 1. The topological polar surface area (TPSA) is 87.7 Å². The van der Waals surface area contributed by atoms with Crippen molar-refractivity contribution >= 4 is 0 Å². The number of hydrogen-bond donors (Lipinski definition) is 2. The summed E-state index contributed by atoms with van der Waals surface area (Å²) in [5, 5.41) is 16.9. The third-order valence-corrected chi connectivity index (χ3v) is 4.81. The van der Waals surface area contributed by atoms with Gasteiger partial charge >= 0.3 is 0 Å². The molecule has 4 rings (SSSR count).